The van der Waals surface area contributed by atoms with E-state index in [1.807, 2.05) is 24.3 Å². The zero-order valence-electron chi connectivity index (χ0n) is 19.1. The van der Waals surface area contributed by atoms with E-state index in [4.69, 9.17) is 11.6 Å². The zero-order chi connectivity index (χ0) is 23.7. The minimum Gasteiger partial charge on any atom is -0.509 e. The first-order valence-corrected chi connectivity index (χ1v) is 11.3. The third-order valence-corrected chi connectivity index (χ3v) is 5.81. The van der Waals surface area contributed by atoms with Gasteiger partial charge in [-0.05, 0) is 41.8 Å². The number of aromatic nitrogens is 3. The van der Waals surface area contributed by atoms with E-state index in [0.717, 1.165) is 40.0 Å². The van der Waals surface area contributed by atoms with Gasteiger partial charge in [-0.3, -0.25) is 4.98 Å². The molecule has 0 saturated heterocycles. The van der Waals surface area contributed by atoms with Gasteiger partial charge >= 0.3 is 0 Å². The highest BCUT2D eigenvalue weighted by atomic mass is 16.3. The highest BCUT2D eigenvalue weighted by molar-refractivity contribution is 5.95. The maximum Gasteiger partial charge on any atom is 0.190 e. The second-order valence-corrected chi connectivity index (χ2v) is 8.72. The van der Waals surface area contributed by atoms with Crippen LogP contribution in [0, 0.1) is 12.5 Å². The predicted molar refractivity (Wildman–Crippen MR) is 137 cm³/mol. The van der Waals surface area contributed by atoms with Gasteiger partial charge in [0.25, 0.3) is 0 Å². The summed E-state index contributed by atoms with van der Waals surface area (Å²) < 4.78 is 2.17. The average Bonchev–Trinajstić information content (AvgIpc) is 3.22. The Hall–Kier alpha value is -4.43. The van der Waals surface area contributed by atoms with Crippen LogP contribution < -0.4 is 0 Å². The average molecular weight is 445 g/mol. The summed E-state index contributed by atoms with van der Waals surface area (Å²) in [6.45, 7) is 12.3. The Morgan fingerprint density at radius 1 is 0.912 bits per heavy atom. The Balaban J connectivity index is 1.71. The molecule has 0 aliphatic heterocycles. The van der Waals surface area contributed by atoms with Crippen molar-refractivity contribution in [3.05, 3.63) is 96.5 Å². The van der Waals surface area contributed by atoms with Gasteiger partial charge in [0, 0.05) is 23.9 Å². The highest BCUT2D eigenvalue weighted by Crippen LogP contribution is 2.37. The van der Waals surface area contributed by atoms with E-state index in [9.17, 15) is 5.11 Å². The van der Waals surface area contributed by atoms with Crippen molar-refractivity contribution in [2.24, 2.45) is 5.92 Å². The van der Waals surface area contributed by atoms with Crippen LogP contribution in [0.3, 0.4) is 0 Å². The molecule has 0 spiro atoms. The quantitative estimate of drug-likeness (QED) is 0.288. The first-order chi connectivity index (χ1) is 16.5. The molecule has 0 radical (unpaired) electrons. The molecular formula is C29H24N4O. The van der Waals surface area contributed by atoms with Gasteiger partial charge in [-0.1, -0.05) is 62.4 Å². The summed E-state index contributed by atoms with van der Waals surface area (Å²) in [5.74, 6) is 1.15. The summed E-state index contributed by atoms with van der Waals surface area (Å²) in [7, 11) is 0. The van der Waals surface area contributed by atoms with Crippen molar-refractivity contribution < 1.29 is 5.11 Å². The lowest BCUT2D eigenvalue weighted by atomic mass is 10.0. The molecule has 34 heavy (non-hydrogen) atoms. The van der Waals surface area contributed by atoms with Crippen molar-refractivity contribution >= 4 is 16.7 Å². The van der Waals surface area contributed by atoms with Crippen LogP contribution in [0.25, 0.3) is 49.7 Å². The van der Waals surface area contributed by atoms with Crippen LogP contribution in [0.15, 0.2) is 85.1 Å². The topological polar surface area (TPSA) is 55.3 Å². The lowest BCUT2D eigenvalue weighted by molar-refractivity contribution is 0.475. The number of phenolic OH excluding ortho intramolecular Hbond substituents is 1. The molecule has 5 rings (SSSR count). The molecule has 3 aromatic carbocycles. The molecular weight excluding hydrogens is 420 g/mol. The van der Waals surface area contributed by atoms with Gasteiger partial charge < -0.3 is 9.67 Å². The molecule has 0 aliphatic rings. The van der Waals surface area contributed by atoms with Crippen molar-refractivity contribution in [2.45, 2.75) is 20.4 Å². The Morgan fingerprint density at radius 2 is 1.74 bits per heavy atom. The number of pyridine rings is 1. The number of imidazole rings is 1. The van der Waals surface area contributed by atoms with E-state index >= 15 is 0 Å². The van der Waals surface area contributed by atoms with E-state index in [2.05, 4.69) is 64.6 Å². The maximum atomic E-state index is 10.7. The summed E-state index contributed by atoms with van der Waals surface area (Å²) >= 11 is 0. The molecule has 0 saturated carbocycles. The second-order valence-electron chi connectivity index (χ2n) is 8.72. The molecule has 0 atom stereocenters. The van der Waals surface area contributed by atoms with Gasteiger partial charge in [-0.25, -0.2) is 9.83 Å². The van der Waals surface area contributed by atoms with Crippen LogP contribution in [-0.4, -0.2) is 19.6 Å². The molecule has 0 fully saturated rings. The number of nitrogens with zero attached hydrogens (tertiary/aromatic N) is 4. The Kier molecular flexibility index (Phi) is 5.57. The van der Waals surface area contributed by atoms with Gasteiger partial charge in [-0.2, -0.15) is 0 Å². The standard InChI is InChI=1S/C29H24N4O/c1-19(2)18-33-26-12-7-10-23(20-8-6-9-21(16-20)25-11-4-5-15-31-25)28(26)32-29(33)24-14-13-22(30-3)17-27(24)34/h4-17,19,34H,18H2,1-2H3. The van der Waals surface area contributed by atoms with Crippen LogP contribution in [0.1, 0.15) is 13.8 Å². The Bertz CT molecular complexity index is 1530. The maximum absolute atomic E-state index is 10.7. The largest absolute Gasteiger partial charge is 0.509 e. The molecule has 5 heteroatoms. The van der Waals surface area contributed by atoms with Crippen molar-refractivity contribution in [1.29, 1.82) is 0 Å². The minimum atomic E-state index is 0.0625. The third-order valence-electron chi connectivity index (χ3n) is 5.81. The summed E-state index contributed by atoms with van der Waals surface area (Å²) in [6, 6.07) is 25.4. The molecule has 5 nitrogen and oxygen atoms in total. The van der Waals surface area contributed by atoms with Gasteiger partial charge in [0.15, 0.2) is 5.69 Å². The SMILES string of the molecule is [C-]#[N+]c1ccc(-c2nc3c(-c4cccc(-c5ccccn5)c4)cccc3n2CC(C)C)c(O)c1. The fourth-order valence-electron chi connectivity index (χ4n) is 4.29. The zero-order valence-corrected chi connectivity index (χ0v) is 19.1. The third kappa shape index (κ3) is 3.91. The fraction of sp³-hybridized carbons (Fsp3) is 0.138. The van der Waals surface area contributed by atoms with Gasteiger partial charge in [0.2, 0.25) is 0 Å². The normalized spacial score (nSPS) is 11.1. The molecule has 5 aromatic rings. The van der Waals surface area contributed by atoms with Crippen molar-refractivity contribution in [3.63, 3.8) is 0 Å². The number of benzene rings is 3. The molecule has 0 unspecified atom stereocenters. The lowest BCUT2D eigenvalue weighted by Crippen LogP contribution is -2.06. The number of rotatable bonds is 5. The van der Waals surface area contributed by atoms with Crippen LogP contribution in [-0.2, 0) is 6.54 Å². The van der Waals surface area contributed by atoms with Crippen molar-refractivity contribution in [2.75, 3.05) is 0 Å². The Labute approximate surface area is 198 Å². The van der Waals surface area contributed by atoms with E-state index in [1.54, 1.807) is 18.3 Å². The summed E-state index contributed by atoms with van der Waals surface area (Å²) in [4.78, 5) is 13.0. The number of hydrogen-bond donors (Lipinski definition) is 1. The number of aromatic hydroxyl groups is 1. The summed E-state index contributed by atoms with van der Waals surface area (Å²) in [5.41, 5.74) is 6.97. The van der Waals surface area contributed by atoms with Gasteiger partial charge in [-0.15, -0.1) is 0 Å². The molecule has 2 heterocycles. The Morgan fingerprint density at radius 3 is 2.47 bits per heavy atom. The smallest absolute Gasteiger partial charge is 0.190 e. The fourth-order valence-corrected chi connectivity index (χ4v) is 4.29. The van der Waals surface area contributed by atoms with Gasteiger partial charge in [0.1, 0.15) is 11.6 Å². The number of phenols is 1. The first kappa shape index (κ1) is 21.4. The molecule has 1 N–H and O–H groups in total. The number of para-hydroxylation sites is 1. The molecule has 0 amide bonds. The molecule has 2 aromatic heterocycles. The second kappa shape index (κ2) is 8.84. The van der Waals surface area contributed by atoms with E-state index in [0.29, 0.717) is 23.0 Å². The molecule has 0 bridgehead atoms. The van der Waals surface area contributed by atoms with Crippen LogP contribution in [0.4, 0.5) is 5.69 Å². The monoisotopic (exact) mass is 444 g/mol. The number of fused-ring (bicyclic) bond motifs is 1. The molecule has 0 aliphatic carbocycles. The summed E-state index contributed by atoms with van der Waals surface area (Å²) in [5, 5.41) is 10.7. The van der Waals surface area contributed by atoms with Crippen LogP contribution in [0.5, 0.6) is 5.75 Å². The van der Waals surface area contributed by atoms with Crippen LogP contribution >= 0.6 is 0 Å². The predicted octanol–water partition coefficient (Wildman–Crippen LogP) is 7.34. The van der Waals surface area contributed by atoms with Crippen molar-refractivity contribution in [1.82, 2.24) is 14.5 Å². The molecule has 166 valence electrons. The minimum absolute atomic E-state index is 0.0625. The van der Waals surface area contributed by atoms with Crippen molar-refractivity contribution in [3.8, 4) is 39.5 Å². The van der Waals surface area contributed by atoms with Crippen LogP contribution in [0.2, 0.25) is 0 Å². The van der Waals surface area contributed by atoms with Gasteiger partial charge in [0.05, 0.1) is 28.9 Å². The highest BCUT2D eigenvalue weighted by Gasteiger charge is 2.19. The lowest BCUT2D eigenvalue weighted by Gasteiger charge is -2.13. The van der Waals surface area contributed by atoms with E-state index < -0.39 is 0 Å². The first-order valence-electron chi connectivity index (χ1n) is 11.3. The van der Waals surface area contributed by atoms with E-state index in [1.165, 1.54) is 6.07 Å². The van der Waals surface area contributed by atoms with E-state index in [-0.39, 0.29) is 5.75 Å². The summed E-state index contributed by atoms with van der Waals surface area (Å²) in [6.07, 6.45) is 1.80. The number of hydrogen-bond acceptors (Lipinski definition) is 3.